The second-order valence-corrected chi connectivity index (χ2v) is 3.72. The molecule has 2 nitrogen and oxygen atoms in total. The van der Waals surface area contributed by atoms with Crippen LogP contribution in [0.15, 0.2) is 40.9 Å². The Kier molecular flexibility index (Phi) is 2.75. The number of halogens is 1. The molecule has 0 unspecified atom stereocenters. The third-order valence-electron chi connectivity index (χ3n) is 2.05. The van der Waals surface area contributed by atoms with E-state index in [4.69, 9.17) is 9.68 Å². The van der Waals surface area contributed by atoms with Gasteiger partial charge in [0.25, 0.3) is 0 Å². The SMILES string of the molecule is OBOc1cccc2c(Br)cccc12. The summed E-state index contributed by atoms with van der Waals surface area (Å²) in [5, 5.41) is 10.8. The first-order valence-electron chi connectivity index (χ1n) is 4.24. The van der Waals surface area contributed by atoms with Crippen LogP contribution in [-0.4, -0.2) is 12.7 Å². The van der Waals surface area contributed by atoms with Crippen LogP contribution in [0.1, 0.15) is 0 Å². The van der Waals surface area contributed by atoms with Crippen molar-refractivity contribution in [2.45, 2.75) is 0 Å². The Hall–Kier alpha value is -0.995. The predicted octanol–water partition coefficient (Wildman–Crippen LogP) is 2.24. The molecule has 0 fully saturated rings. The van der Waals surface area contributed by atoms with Gasteiger partial charge in [0.1, 0.15) is 5.75 Å². The molecule has 0 aliphatic carbocycles. The zero-order valence-electron chi connectivity index (χ0n) is 7.40. The minimum absolute atomic E-state index is 0.300. The van der Waals surface area contributed by atoms with Crippen molar-refractivity contribution in [3.63, 3.8) is 0 Å². The highest BCUT2D eigenvalue weighted by molar-refractivity contribution is 9.10. The molecule has 70 valence electrons. The van der Waals surface area contributed by atoms with Crippen molar-refractivity contribution in [2.24, 2.45) is 0 Å². The van der Waals surface area contributed by atoms with Gasteiger partial charge >= 0.3 is 7.69 Å². The van der Waals surface area contributed by atoms with Gasteiger partial charge in [-0.3, -0.25) is 0 Å². The second-order valence-electron chi connectivity index (χ2n) is 2.86. The van der Waals surface area contributed by atoms with E-state index in [0.717, 1.165) is 15.2 Å². The summed E-state index contributed by atoms with van der Waals surface area (Å²) in [5.74, 6) is 0.700. The summed E-state index contributed by atoms with van der Waals surface area (Å²) in [6, 6.07) is 11.6. The average Bonchev–Trinajstić information content (AvgIpc) is 2.20. The lowest BCUT2D eigenvalue weighted by atomic mass is 10.1. The summed E-state index contributed by atoms with van der Waals surface area (Å²) in [7, 11) is -0.300. The third-order valence-corrected chi connectivity index (χ3v) is 2.74. The van der Waals surface area contributed by atoms with Crippen LogP contribution < -0.4 is 4.65 Å². The minimum Gasteiger partial charge on any atom is -0.538 e. The Labute approximate surface area is 90.9 Å². The van der Waals surface area contributed by atoms with Gasteiger partial charge in [-0.25, -0.2) is 0 Å². The lowest BCUT2D eigenvalue weighted by Crippen LogP contribution is -1.99. The predicted molar refractivity (Wildman–Crippen MR) is 61.6 cm³/mol. The molecule has 0 aromatic heterocycles. The lowest BCUT2D eigenvalue weighted by Gasteiger charge is -2.07. The van der Waals surface area contributed by atoms with Crippen molar-refractivity contribution in [2.75, 3.05) is 0 Å². The fraction of sp³-hybridized carbons (Fsp3) is 0. The highest BCUT2D eigenvalue weighted by Crippen LogP contribution is 2.30. The molecule has 14 heavy (non-hydrogen) atoms. The lowest BCUT2D eigenvalue weighted by molar-refractivity contribution is 0.457. The van der Waals surface area contributed by atoms with Crippen molar-refractivity contribution >= 4 is 34.4 Å². The molecule has 0 saturated carbocycles. The van der Waals surface area contributed by atoms with E-state index in [-0.39, 0.29) is 7.69 Å². The fourth-order valence-corrected chi connectivity index (χ4v) is 1.94. The average molecular weight is 251 g/mol. The number of hydrogen-bond donors (Lipinski definition) is 1. The zero-order chi connectivity index (χ0) is 9.97. The molecular weight excluding hydrogens is 243 g/mol. The fourth-order valence-electron chi connectivity index (χ4n) is 1.44. The van der Waals surface area contributed by atoms with Gasteiger partial charge in [-0.05, 0) is 17.5 Å². The molecule has 2 aromatic carbocycles. The molecule has 0 aliphatic heterocycles. The first-order chi connectivity index (χ1) is 6.83. The van der Waals surface area contributed by atoms with Gasteiger partial charge in [-0.2, -0.15) is 0 Å². The Morgan fingerprint density at radius 3 is 2.57 bits per heavy atom. The van der Waals surface area contributed by atoms with E-state index >= 15 is 0 Å². The third kappa shape index (κ3) is 1.63. The van der Waals surface area contributed by atoms with Crippen molar-refractivity contribution in [1.82, 2.24) is 0 Å². The Balaban J connectivity index is 2.68. The van der Waals surface area contributed by atoms with E-state index in [1.165, 1.54) is 0 Å². The van der Waals surface area contributed by atoms with E-state index < -0.39 is 0 Å². The van der Waals surface area contributed by atoms with Crippen LogP contribution in [0.2, 0.25) is 0 Å². The summed E-state index contributed by atoms with van der Waals surface area (Å²) < 4.78 is 6.14. The molecule has 2 aromatic rings. The van der Waals surface area contributed by atoms with Crippen molar-refractivity contribution in [3.05, 3.63) is 40.9 Å². The largest absolute Gasteiger partial charge is 0.538 e. The summed E-state index contributed by atoms with van der Waals surface area (Å²) in [5.41, 5.74) is 0. The number of benzene rings is 2. The molecule has 1 N–H and O–H groups in total. The van der Waals surface area contributed by atoms with Gasteiger partial charge in [0.05, 0.1) is 0 Å². The summed E-state index contributed by atoms with van der Waals surface area (Å²) in [4.78, 5) is 0. The van der Waals surface area contributed by atoms with Gasteiger partial charge in [0, 0.05) is 9.86 Å². The highest BCUT2D eigenvalue weighted by Gasteiger charge is 2.03. The summed E-state index contributed by atoms with van der Waals surface area (Å²) >= 11 is 3.46. The molecule has 0 bridgehead atoms. The maximum Gasteiger partial charge on any atom is 0.504 e. The Morgan fingerprint density at radius 1 is 1.07 bits per heavy atom. The molecular formula is C10H8BBrO2. The quantitative estimate of drug-likeness (QED) is 0.829. The molecule has 0 radical (unpaired) electrons. The van der Waals surface area contributed by atoms with Crippen LogP contribution in [0.3, 0.4) is 0 Å². The van der Waals surface area contributed by atoms with Gasteiger partial charge in [0.15, 0.2) is 0 Å². The molecule has 0 spiro atoms. The van der Waals surface area contributed by atoms with Crippen LogP contribution in [0, 0.1) is 0 Å². The highest BCUT2D eigenvalue weighted by atomic mass is 79.9. The maximum atomic E-state index is 8.71. The van der Waals surface area contributed by atoms with Gasteiger partial charge in [0.2, 0.25) is 0 Å². The second kappa shape index (κ2) is 4.03. The number of rotatable bonds is 2. The van der Waals surface area contributed by atoms with Gasteiger partial charge < -0.3 is 9.68 Å². The normalized spacial score (nSPS) is 10.1. The van der Waals surface area contributed by atoms with E-state index in [1.54, 1.807) is 0 Å². The standard InChI is InChI=1S/C10H8BBrO2/c12-9-5-1-4-8-7(9)3-2-6-10(8)14-11-13/h1-6,11,13H. The van der Waals surface area contributed by atoms with Crippen molar-refractivity contribution in [3.8, 4) is 5.75 Å². The zero-order valence-corrected chi connectivity index (χ0v) is 8.99. The van der Waals surface area contributed by atoms with Crippen LogP contribution in [-0.2, 0) is 0 Å². The monoisotopic (exact) mass is 250 g/mol. The molecule has 0 amide bonds. The summed E-state index contributed by atoms with van der Waals surface area (Å²) in [6.45, 7) is 0. The van der Waals surface area contributed by atoms with E-state index in [0.29, 0.717) is 5.75 Å². The van der Waals surface area contributed by atoms with E-state index in [2.05, 4.69) is 15.9 Å². The van der Waals surface area contributed by atoms with Crippen molar-refractivity contribution < 1.29 is 9.68 Å². The van der Waals surface area contributed by atoms with Crippen LogP contribution in [0.5, 0.6) is 5.75 Å². The first kappa shape index (κ1) is 9.56. The number of fused-ring (bicyclic) bond motifs is 1. The van der Waals surface area contributed by atoms with E-state index in [1.807, 2.05) is 36.4 Å². The minimum atomic E-state index is -0.300. The molecule has 0 heterocycles. The number of hydrogen-bond acceptors (Lipinski definition) is 2. The van der Waals surface area contributed by atoms with Gasteiger partial charge in [-0.1, -0.05) is 40.2 Å². The molecule has 0 aliphatic rings. The maximum absolute atomic E-state index is 8.71. The molecule has 0 atom stereocenters. The van der Waals surface area contributed by atoms with Gasteiger partial charge in [-0.15, -0.1) is 0 Å². The summed E-state index contributed by atoms with van der Waals surface area (Å²) in [6.07, 6.45) is 0. The Bertz CT molecular complexity index is 459. The molecule has 0 saturated heterocycles. The van der Waals surface area contributed by atoms with Crippen LogP contribution >= 0.6 is 15.9 Å². The molecule has 2 rings (SSSR count). The van der Waals surface area contributed by atoms with Crippen LogP contribution in [0.4, 0.5) is 0 Å². The van der Waals surface area contributed by atoms with Crippen molar-refractivity contribution in [1.29, 1.82) is 0 Å². The Morgan fingerprint density at radius 2 is 1.79 bits per heavy atom. The first-order valence-corrected chi connectivity index (χ1v) is 5.03. The van der Waals surface area contributed by atoms with Crippen LogP contribution in [0.25, 0.3) is 10.8 Å². The van der Waals surface area contributed by atoms with E-state index in [9.17, 15) is 0 Å². The smallest absolute Gasteiger partial charge is 0.504 e. The molecule has 4 heteroatoms. The topological polar surface area (TPSA) is 29.5 Å².